The molecule has 1 aliphatic rings. The molecule has 138 valence electrons. The minimum atomic E-state index is -0.802. The second kappa shape index (κ2) is 9.59. The summed E-state index contributed by atoms with van der Waals surface area (Å²) in [6.45, 7) is 5.36. The third-order valence-electron chi connectivity index (χ3n) is 4.96. The normalized spacial score (nSPS) is 17.1. The zero-order chi connectivity index (χ0) is 18.2. The molecule has 1 aromatic rings. The van der Waals surface area contributed by atoms with Crippen molar-refractivity contribution in [2.24, 2.45) is 5.92 Å². The van der Waals surface area contributed by atoms with Gasteiger partial charge in [-0.15, -0.1) is 0 Å². The Labute approximate surface area is 150 Å². The van der Waals surface area contributed by atoms with Crippen molar-refractivity contribution in [1.82, 2.24) is 0 Å². The molecule has 2 rings (SSSR count). The van der Waals surface area contributed by atoms with Crippen molar-refractivity contribution in [3.05, 3.63) is 35.4 Å². The molecule has 0 N–H and O–H groups in total. The van der Waals surface area contributed by atoms with Crippen molar-refractivity contribution in [2.75, 3.05) is 0 Å². The van der Waals surface area contributed by atoms with E-state index in [9.17, 15) is 9.59 Å². The molecule has 1 aromatic carbocycles. The number of ether oxygens (including phenoxy) is 2. The number of rotatable bonds is 8. The van der Waals surface area contributed by atoms with Gasteiger partial charge in [-0.2, -0.15) is 0 Å². The van der Waals surface area contributed by atoms with Crippen molar-refractivity contribution < 1.29 is 19.1 Å². The number of carbonyl (C=O) groups excluding carboxylic acids is 2. The molecule has 0 spiro atoms. The summed E-state index contributed by atoms with van der Waals surface area (Å²) < 4.78 is 10.5. The van der Waals surface area contributed by atoms with Gasteiger partial charge in [0.1, 0.15) is 0 Å². The van der Waals surface area contributed by atoms with E-state index >= 15 is 0 Å². The van der Waals surface area contributed by atoms with Crippen LogP contribution in [0.2, 0.25) is 0 Å². The summed E-state index contributed by atoms with van der Waals surface area (Å²) in [7, 11) is 0. The second-order valence-electron chi connectivity index (χ2n) is 6.94. The summed E-state index contributed by atoms with van der Waals surface area (Å²) >= 11 is 0. The number of esters is 2. The first-order valence-corrected chi connectivity index (χ1v) is 9.52. The Balaban J connectivity index is 1.90. The lowest BCUT2D eigenvalue weighted by Gasteiger charge is -2.19. The van der Waals surface area contributed by atoms with Crippen LogP contribution in [0.4, 0.5) is 0 Å². The zero-order valence-corrected chi connectivity index (χ0v) is 15.6. The Morgan fingerprint density at radius 2 is 1.72 bits per heavy atom. The predicted octanol–water partition coefficient (Wildman–Crippen LogP) is 4.76. The summed E-state index contributed by atoms with van der Waals surface area (Å²) in [6.07, 6.45) is 6.42. The van der Waals surface area contributed by atoms with E-state index in [1.165, 1.54) is 31.2 Å². The van der Waals surface area contributed by atoms with Gasteiger partial charge in [-0.1, -0.05) is 63.8 Å². The van der Waals surface area contributed by atoms with E-state index in [2.05, 4.69) is 12.1 Å². The largest absolute Gasteiger partial charge is 0.425 e. The van der Waals surface area contributed by atoms with Gasteiger partial charge in [-0.25, -0.2) is 0 Å². The van der Waals surface area contributed by atoms with E-state index in [0.717, 1.165) is 17.9 Å². The van der Waals surface area contributed by atoms with Crippen LogP contribution in [0, 0.1) is 5.92 Å². The van der Waals surface area contributed by atoms with Crippen molar-refractivity contribution in [2.45, 2.75) is 77.9 Å². The quantitative estimate of drug-likeness (QED) is 0.503. The Kier molecular flexibility index (Phi) is 7.48. The molecule has 4 nitrogen and oxygen atoms in total. The lowest BCUT2D eigenvalue weighted by Crippen LogP contribution is -2.26. The average molecular weight is 346 g/mol. The summed E-state index contributed by atoms with van der Waals surface area (Å²) in [5, 5.41) is 0. The van der Waals surface area contributed by atoms with Crippen molar-refractivity contribution >= 4 is 11.9 Å². The Bertz CT molecular complexity index is 558. The molecule has 25 heavy (non-hydrogen) atoms. The first-order chi connectivity index (χ1) is 12.0. The van der Waals surface area contributed by atoms with Gasteiger partial charge in [0.15, 0.2) is 0 Å². The second-order valence-corrected chi connectivity index (χ2v) is 6.94. The molecule has 0 aliphatic heterocycles. The van der Waals surface area contributed by atoms with Gasteiger partial charge in [0.2, 0.25) is 6.29 Å². The fourth-order valence-corrected chi connectivity index (χ4v) is 3.28. The molecule has 2 atom stereocenters. The van der Waals surface area contributed by atoms with Crippen LogP contribution < -0.4 is 0 Å². The van der Waals surface area contributed by atoms with Gasteiger partial charge in [0.25, 0.3) is 0 Å². The third kappa shape index (κ3) is 5.87. The van der Waals surface area contributed by atoms with Crippen LogP contribution in [0.25, 0.3) is 0 Å². The molecule has 0 bridgehead atoms. The van der Waals surface area contributed by atoms with Crippen LogP contribution in [0.3, 0.4) is 0 Å². The third-order valence-corrected chi connectivity index (χ3v) is 4.96. The smallest absolute Gasteiger partial charge is 0.316 e. The van der Waals surface area contributed by atoms with Crippen molar-refractivity contribution in [1.29, 1.82) is 0 Å². The van der Waals surface area contributed by atoms with Crippen LogP contribution >= 0.6 is 0 Å². The van der Waals surface area contributed by atoms with E-state index in [0.29, 0.717) is 6.42 Å². The van der Waals surface area contributed by atoms with Gasteiger partial charge < -0.3 is 9.47 Å². The highest BCUT2D eigenvalue weighted by molar-refractivity contribution is 5.78. The molecular formula is C21H30O4. The molecular weight excluding hydrogens is 316 g/mol. The topological polar surface area (TPSA) is 52.6 Å². The fraction of sp³-hybridized carbons (Fsp3) is 0.619. The van der Waals surface area contributed by atoms with Crippen LogP contribution in [0.5, 0.6) is 0 Å². The van der Waals surface area contributed by atoms with Gasteiger partial charge in [0.05, 0.1) is 5.92 Å². The molecule has 0 saturated heterocycles. The monoisotopic (exact) mass is 346 g/mol. The number of hydrogen-bond donors (Lipinski definition) is 0. The maximum absolute atomic E-state index is 12.3. The first kappa shape index (κ1) is 19.5. The molecule has 1 fully saturated rings. The molecule has 0 amide bonds. The first-order valence-electron chi connectivity index (χ1n) is 9.52. The molecule has 1 aliphatic carbocycles. The van der Waals surface area contributed by atoms with E-state index in [-0.39, 0.29) is 24.3 Å². The Morgan fingerprint density at radius 3 is 2.28 bits per heavy atom. The molecule has 0 radical (unpaired) electrons. The molecule has 2 unspecified atom stereocenters. The maximum atomic E-state index is 12.3. The Hall–Kier alpha value is -1.84. The lowest BCUT2D eigenvalue weighted by molar-refractivity contribution is -0.189. The van der Waals surface area contributed by atoms with E-state index < -0.39 is 6.29 Å². The number of hydrogen-bond acceptors (Lipinski definition) is 4. The zero-order valence-electron chi connectivity index (χ0n) is 15.6. The summed E-state index contributed by atoms with van der Waals surface area (Å²) in [5.41, 5.74) is 2.26. The van der Waals surface area contributed by atoms with Crippen LogP contribution in [0.1, 0.15) is 76.3 Å². The molecule has 0 aromatic heterocycles. The minimum Gasteiger partial charge on any atom is -0.425 e. The van der Waals surface area contributed by atoms with Gasteiger partial charge in [-0.05, 0) is 30.4 Å². The fourth-order valence-electron chi connectivity index (χ4n) is 3.28. The molecule has 4 heteroatoms. The minimum absolute atomic E-state index is 0.270. The van der Waals surface area contributed by atoms with E-state index in [1.54, 1.807) is 6.92 Å². The Morgan fingerprint density at radius 1 is 1.08 bits per heavy atom. The summed E-state index contributed by atoms with van der Waals surface area (Å²) in [6, 6.07) is 8.25. The lowest BCUT2D eigenvalue weighted by atomic mass is 9.95. The predicted molar refractivity (Wildman–Crippen MR) is 97.1 cm³/mol. The van der Waals surface area contributed by atoms with Crippen LogP contribution in [-0.2, 0) is 25.5 Å². The highest BCUT2D eigenvalue weighted by Gasteiger charge is 2.23. The van der Waals surface area contributed by atoms with Crippen molar-refractivity contribution in [3.8, 4) is 0 Å². The standard InChI is InChI=1S/C21H30O4/c1-4-19(22)24-20(5-2)25-21(23)15(3)18-12-10-17(11-13-18)14-16-8-6-7-9-16/h10-13,15-16,20H,4-9,14H2,1-3H3. The van der Waals surface area contributed by atoms with Crippen LogP contribution in [-0.4, -0.2) is 18.2 Å². The molecule has 1 saturated carbocycles. The SMILES string of the molecule is CCC(=O)OC(CC)OC(=O)C(C)c1ccc(CC2CCCC2)cc1. The summed E-state index contributed by atoms with van der Waals surface area (Å²) in [4.78, 5) is 23.7. The highest BCUT2D eigenvalue weighted by atomic mass is 16.7. The maximum Gasteiger partial charge on any atom is 0.316 e. The number of carbonyl (C=O) groups is 2. The highest BCUT2D eigenvalue weighted by Crippen LogP contribution is 2.28. The van der Waals surface area contributed by atoms with E-state index in [4.69, 9.17) is 9.47 Å². The number of benzene rings is 1. The summed E-state index contributed by atoms with van der Waals surface area (Å²) in [5.74, 6) is -0.287. The van der Waals surface area contributed by atoms with Crippen molar-refractivity contribution in [3.63, 3.8) is 0 Å². The van der Waals surface area contributed by atoms with Crippen LogP contribution in [0.15, 0.2) is 24.3 Å². The van der Waals surface area contributed by atoms with Gasteiger partial charge >= 0.3 is 11.9 Å². The van der Waals surface area contributed by atoms with Gasteiger partial charge in [0, 0.05) is 12.8 Å². The average Bonchev–Trinajstić information content (AvgIpc) is 3.13. The van der Waals surface area contributed by atoms with Gasteiger partial charge in [-0.3, -0.25) is 9.59 Å². The van der Waals surface area contributed by atoms with E-state index in [1.807, 2.05) is 26.0 Å². The molecule has 0 heterocycles.